The number of aromatic hydroxyl groups is 1. The molecule has 8 nitrogen and oxygen atoms in total. The summed E-state index contributed by atoms with van der Waals surface area (Å²) in [6.07, 6.45) is 1.02. The molecule has 0 radical (unpaired) electrons. The summed E-state index contributed by atoms with van der Waals surface area (Å²) in [5.74, 6) is -0.0478. The SMILES string of the molecule is CCOc1cc(C=NNC(=O)CC(=O)Nc2cccc(OC)c2)cc(I)c1O. The van der Waals surface area contributed by atoms with E-state index in [-0.39, 0.29) is 12.2 Å². The zero-order chi connectivity index (χ0) is 20.5. The Morgan fingerprint density at radius 2 is 2.04 bits per heavy atom. The number of hydrazone groups is 1. The number of nitrogens with one attached hydrogen (secondary N) is 2. The highest BCUT2D eigenvalue weighted by atomic mass is 127. The molecule has 2 aromatic rings. The molecule has 9 heteroatoms. The molecule has 0 aromatic heterocycles. The van der Waals surface area contributed by atoms with Gasteiger partial charge in [0, 0.05) is 11.8 Å². The van der Waals surface area contributed by atoms with Crippen LogP contribution in [-0.2, 0) is 9.59 Å². The van der Waals surface area contributed by atoms with Crippen LogP contribution in [0.15, 0.2) is 41.5 Å². The third-order valence-electron chi connectivity index (χ3n) is 3.43. The number of hydrogen-bond donors (Lipinski definition) is 3. The number of halogens is 1. The Bertz CT molecular complexity index is 886. The molecule has 0 bridgehead atoms. The number of phenolic OH excluding ortho intramolecular Hbond substituents is 1. The van der Waals surface area contributed by atoms with E-state index in [1.807, 2.05) is 29.5 Å². The Hall–Kier alpha value is -2.82. The molecule has 0 aliphatic carbocycles. The van der Waals surface area contributed by atoms with Crippen LogP contribution < -0.4 is 20.2 Å². The van der Waals surface area contributed by atoms with Gasteiger partial charge in [-0.1, -0.05) is 6.07 Å². The Kier molecular flexibility index (Phi) is 8.05. The molecule has 148 valence electrons. The summed E-state index contributed by atoms with van der Waals surface area (Å²) in [4.78, 5) is 23.8. The second-order valence-corrected chi connectivity index (χ2v) is 6.69. The van der Waals surface area contributed by atoms with E-state index >= 15 is 0 Å². The van der Waals surface area contributed by atoms with Crippen molar-refractivity contribution in [1.29, 1.82) is 0 Å². The van der Waals surface area contributed by atoms with Gasteiger partial charge in [-0.15, -0.1) is 0 Å². The van der Waals surface area contributed by atoms with Gasteiger partial charge in [0.15, 0.2) is 11.5 Å². The molecule has 28 heavy (non-hydrogen) atoms. The Labute approximate surface area is 176 Å². The molecule has 2 rings (SSSR count). The van der Waals surface area contributed by atoms with Crippen molar-refractivity contribution in [2.45, 2.75) is 13.3 Å². The number of anilines is 1. The average Bonchev–Trinajstić information content (AvgIpc) is 2.65. The van der Waals surface area contributed by atoms with Gasteiger partial charge in [-0.05, 0) is 59.3 Å². The zero-order valence-electron chi connectivity index (χ0n) is 15.4. The van der Waals surface area contributed by atoms with Gasteiger partial charge in [-0.2, -0.15) is 5.10 Å². The maximum atomic E-state index is 11.9. The molecule has 2 aromatic carbocycles. The number of hydrogen-bond acceptors (Lipinski definition) is 6. The lowest BCUT2D eigenvalue weighted by molar-refractivity contribution is -0.126. The van der Waals surface area contributed by atoms with E-state index in [4.69, 9.17) is 9.47 Å². The lowest BCUT2D eigenvalue weighted by atomic mass is 10.2. The number of phenols is 1. The van der Waals surface area contributed by atoms with Crippen LogP contribution in [0.3, 0.4) is 0 Å². The van der Waals surface area contributed by atoms with Gasteiger partial charge in [-0.3, -0.25) is 9.59 Å². The van der Waals surface area contributed by atoms with Gasteiger partial charge >= 0.3 is 0 Å². The molecule has 2 amide bonds. The van der Waals surface area contributed by atoms with Crippen LogP contribution >= 0.6 is 22.6 Å². The van der Waals surface area contributed by atoms with Gasteiger partial charge in [-0.25, -0.2) is 5.43 Å². The van der Waals surface area contributed by atoms with E-state index in [1.54, 1.807) is 36.4 Å². The lowest BCUT2D eigenvalue weighted by Crippen LogP contribution is -2.24. The van der Waals surface area contributed by atoms with E-state index < -0.39 is 11.8 Å². The molecule has 0 aliphatic heterocycles. The van der Waals surface area contributed by atoms with Gasteiger partial charge < -0.3 is 19.9 Å². The van der Waals surface area contributed by atoms with Crippen molar-refractivity contribution in [2.75, 3.05) is 19.0 Å². The number of methoxy groups -OCH3 is 1. The van der Waals surface area contributed by atoms with Gasteiger partial charge in [0.05, 0.1) is 23.5 Å². The molecule has 0 heterocycles. The Morgan fingerprint density at radius 3 is 2.75 bits per heavy atom. The van der Waals surface area contributed by atoms with Crippen molar-refractivity contribution in [1.82, 2.24) is 5.43 Å². The number of carbonyl (C=O) groups excluding carboxylic acids is 2. The minimum absolute atomic E-state index is 0.0536. The van der Waals surface area contributed by atoms with Gasteiger partial charge in [0.1, 0.15) is 12.2 Å². The Balaban J connectivity index is 1.90. The fourth-order valence-electron chi connectivity index (χ4n) is 2.20. The van der Waals surface area contributed by atoms with Crippen molar-refractivity contribution < 1.29 is 24.2 Å². The molecule has 3 N–H and O–H groups in total. The molecule has 0 saturated heterocycles. The lowest BCUT2D eigenvalue weighted by Gasteiger charge is -2.08. The molecule has 0 spiro atoms. The summed E-state index contributed by atoms with van der Waals surface area (Å²) in [6.45, 7) is 2.22. The van der Waals surface area contributed by atoms with Crippen LogP contribution in [0, 0.1) is 3.57 Å². The van der Waals surface area contributed by atoms with E-state index in [2.05, 4.69) is 15.8 Å². The van der Waals surface area contributed by atoms with Crippen molar-refractivity contribution in [3.8, 4) is 17.2 Å². The predicted molar refractivity (Wildman–Crippen MR) is 114 cm³/mol. The minimum atomic E-state index is -0.560. The number of amides is 2. The van der Waals surface area contributed by atoms with Crippen molar-refractivity contribution in [3.63, 3.8) is 0 Å². The smallest absolute Gasteiger partial charge is 0.249 e. The predicted octanol–water partition coefficient (Wildman–Crippen LogP) is 2.88. The fourth-order valence-corrected chi connectivity index (χ4v) is 2.83. The summed E-state index contributed by atoms with van der Waals surface area (Å²) in [7, 11) is 1.53. The van der Waals surface area contributed by atoms with Gasteiger partial charge in [0.25, 0.3) is 0 Å². The fraction of sp³-hybridized carbons (Fsp3) is 0.211. The molecule has 0 atom stereocenters. The van der Waals surface area contributed by atoms with E-state index in [1.165, 1.54) is 13.3 Å². The van der Waals surface area contributed by atoms with Crippen LogP contribution in [0.2, 0.25) is 0 Å². The monoisotopic (exact) mass is 497 g/mol. The highest BCUT2D eigenvalue weighted by molar-refractivity contribution is 14.1. The number of carbonyl (C=O) groups is 2. The average molecular weight is 497 g/mol. The highest BCUT2D eigenvalue weighted by Crippen LogP contribution is 2.32. The van der Waals surface area contributed by atoms with E-state index in [0.29, 0.717) is 32.9 Å². The molecular weight excluding hydrogens is 477 g/mol. The van der Waals surface area contributed by atoms with Crippen LogP contribution in [-0.4, -0.2) is 36.9 Å². The molecule has 0 saturated carbocycles. The summed E-state index contributed by atoms with van der Waals surface area (Å²) < 4.78 is 11.0. The summed E-state index contributed by atoms with van der Waals surface area (Å²) in [6, 6.07) is 10.1. The maximum absolute atomic E-state index is 11.9. The molecular formula is C19H20IN3O5. The van der Waals surface area contributed by atoms with Crippen molar-refractivity contribution in [2.24, 2.45) is 5.10 Å². The third kappa shape index (κ3) is 6.41. The minimum Gasteiger partial charge on any atom is -0.504 e. The number of benzene rings is 2. The Morgan fingerprint density at radius 1 is 1.25 bits per heavy atom. The van der Waals surface area contributed by atoms with E-state index in [9.17, 15) is 14.7 Å². The molecule has 0 fully saturated rings. The summed E-state index contributed by atoms with van der Waals surface area (Å²) in [5, 5.41) is 16.4. The highest BCUT2D eigenvalue weighted by Gasteiger charge is 2.10. The summed E-state index contributed by atoms with van der Waals surface area (Å²) >= 11 is 1.97. The second-order valence-electron chi connectivity index (χ2n) is 5.53. The first-order valence-electron chi connectivity index (χ1n) is 8.34. The van der Waals surface area contributed by atoms with Crippen LogP contribution in [0.4, 0.5) is 5.69 Å². The first kappa shape index (κ1) is 21.5. The maximum Gasteiger partial charge on any atom is 0.249 e. The van der Waals surface area contributed by atoms with Crippen LogP contribution in [0.25, 0.3) is 0 Å². The number of nitrogens with zero attached hydrogens (tertiary/aromatic N) is 1. The number of ether oxygens (including phenoxy) is 2. The molecule has 0 aliphatic rings. The summed E-state index contributed by atoms with van der Waals surface area (Å²) in [5.41, 5.74) is 3.46. The number of rotatable bonds is 8. The first-order valence-corrected chi connectivity index (χ1v) is 9.42. The normalized spacial score (nSPS) is 10.5. The molecule has 0 unspecified atom stereocenters. The second kappa shape index (κ2) is 10.5. The largest absolute Gasteiger partial charge is 0.504 e. The first-order chi connectivity index (χ1) is 13.4. The van der Waals surface area contributed by atoms with Gasteiger partial charge in [0.2, 0.25) is 11.8 Å². The quantitative estimate of drug-likeness (QED) is 0.225. The van der Waals surface area contributed by atoms with E-state index in [0.717, 1.165) is 0 Å². The van der Waals surface area contributed by atoms with Crippen molar-refractivity contribution >= 4 is 46.3 Å². The zero-order valence-corrected chi connectivity index (χ0v) is 17.5. The third-order valence-corrected chi connectivity index (χ3v) is 4.25. The van der Waals surface area contributed by atoms with Crippen molar-refractivity contribution in [3.05, 3.63) is 45.5 Å². The van der Waals surface area contributed by atoms with Crippen LogP contribution in [0.5, 0.6) is 17.2 Å². The van der Waals surface area contributed by atoms with Crippen LogP contribution in [0.1, 0.15) is 18.9 Å². The standard InChI is InChI=1S/C19H20IN3O5/c1-3-28-16-8-12(7-15(20)19(16)26)11-21-23-18(25)10-17(24)22-13-5-4-6-14(9-13)27-2/h4-9,11,26H,3,10H2,1-2H3,(H,22,24)(H,23,25). The topological polar surface area (TPSA) is 109 Å².